The van der Waals surface area contributed by atoms with Crippen LogP contribution in [-0.2, 0) is 9.47 Å². The van der Waals surface area contributed by atoms with E-state index < -0.39 is 0 Å². The Morgan fingerprint density at radius 3 is 1.29 bits per heavy atom. The van der Waals surface area contributed by atoms with E-state index in [9.17, 15) is 10.2 Å². The molecule has 6 heteroatoms. The summed E-state index contributed by atoms with van der Waals surface area (Å²) in [7, 11) is 0. The maximum absolute atomic E-state index is 9.44. The summed E-state index contributed by atoms with van der Waals surface area (Å²) >= 11 is 0. The summed E-state index contributed by atoms with van der Waals surface area (Å²) in [4.78, 5) is 0. The van der Waals surface area contributed by atoms with Crippen molar-refractivity contribution in [2.75, 3.05) is 13.2 Å². The van der Waals surface area contributed by atoms with Gasteiger partial charge in [-0.25, -0.2) is 0 Å². The zero-order valence-electron chi connectivity index (χ0n) is 15.5. The first-order valence-electron chi connectivity index (χ1n) is 9.15. The van der Waals surface area contributed by atoms with Crippen molar-refractivity contribution in [3.05, 3.63) is 0 Å². The summed E-state index contributed by atoms with van der Waals surface area (Å²) < 4.78 is 11.1. The first kappa shape index (κ1) is 21.8. The molecule has 0 spiro atoms. The molecule has 0 radical (unpaired) electrons. The van der Waals surface area contributed by atoms with Gasteiger partial charge in [0.15, 0.2) is 0 Å². The van der Waals surface area contributed by atoms with E-state index in [1.54, 1.807) is 0 Å². The molecule has 0 aromatic carbocycles. The number of hydrogen-bond donors (Lipinski definition) is 4. The van der Waals surface area contributed by atoms with Crippen molar-refractivity contribution in [2.45, 2.75) is 90.0 Å². The van der Waals surface area contributed by atoms with Crippen LogP contribution < -0.4 is 0 Å². The Kier molecular flexibility index (Phi) is 9.71. The SMILES string of the molecule is CC(C)C1C[C@@H](O)C[C@@H](CO)O1.CC(C)C1C[C@@H](O)C[C@@H](CO)O1. The predicted molar refractivity (Wildman–Crippen MR) is 91.7 cm³/mol. The van der Waals surface area contributed by atoms with Crippen LogP contribution in [0, 0.1) is 11.8 Å². The number of aliphatic hydroxyl groups excluding tert-OH is 4. The molecule has 24 heavy (non-hydrogen) atoms. The molecule has 2 aliphatic heterocycles. The molecule has 2 aliphatic rings. The summed E-state index contributed by atoms with van der Waals surface area (Å²) in [6.07, 6.45) is 1.81. The molecule has 2 saturated heterocycles. The van der Waals surface area contributed by atoms with Crippen molar-refractivity contribution < 1.29 is 29.9 Å². The third-order valence-electron chi connectivity index (χ3n) is 4.71. The summed E-state index contributed by atoms with van der Waals surface area (Å²) in [6, 6.07) is 0. The molecule has 144 valence electrons. The van der Waals surface area contributed by atoms with Crippen LogP contribution in [0.1, 0.15) is 53.4 Å². The van der Waals surface area contributed by atoms with Crippen LogP contribution in [0.5, 0.6) is 0 Å². The van der Waals surface area contributed by atoms with Crippen molar-refractivity contribution in [1.82, 2.24) is 0 Å². The van der Waals surface area contributed by atoms with E-state index >= 15 is 0 Å². The Balaban J connectivity index is 0.000000240. The van der Waals surface area contributed by atoms with Crippen LogP contribution in [0.4, 0.5) is 0 Å². The van der Waals surface area contributed by atoms with Crippen LogP contribution in [0.15, 0.2) is 0 Å². The largest absolute Gasteiger partial charge is 0.394 e. The lowest BCUT2D eigenvalue weighted by molar-refractivity contribution is -0.126. The lowest BCUT2D eigenvalue weighted by atomic mass is 9.94. The highest BCUT2D eigenvalue weighted by Crippen LogP contribution is 2.25. The molecule has 2 unspecified atom stereocenters. The molecule has 0 aliphatic carbocycles. The summed E-state index contributed by atoms with van der Waals surface area (Å²) in [6.45, 7) is 8.29. The Morgan fingerprint density at radius 1 is 0.708 bits per heavy atom. The van der Waals surface area contributed by atoms with Crippen LogP contribution in [0.2, 0.25) is 0 Å². The first-order chi connectivity index (χ1) is 11.3. The summed E-state index contributed by atoms with van der Waals surface area (Å²) in [5, 5.41) is 36.6. The normalized spacial score (nSPS) is 37.2. The summed E-state index contributed by atoms with van der Waals surface area (Å²) in [5.41, 5.74) is 0. The van der Waals surface area contributed by atoms with Crippen LogP contribution in [-0.4, -0.2) is 70.3 Å². The third kappa shape index (κ3) is 7.33. The topological polar surface area (TPSA) is 99.4 Å². The van der Waals surface area contributed by atoms with E-state index in [1.807, 2.05) is 0 Å². The quantitative estimate of drug-likeness (QED) is 0.607. The van der Waals surface area contributed by atoms with Gasteiger partial charge in [-0.2, -0.15) is 0 Å². The number of rotatable bonds is 4. The fourth-order valence-corrected chi connectivity index (χ4v) is 3.15. The second-order valence-electron chi connectivity index (χ2n) is 7.70. The standard InChI is InChI=1S/2C9H18O3/c2*1-6(2)9-4-7(11)3-8(5-10)12-9/h2*6-11H,3-5H2,1-2H3/t2*7-,8-,9?/m00/s1. The minimum absolute atomic E-state index is 0.0142. The van der Waals surface area contributed by atoms with Crippen LogP contribution in [0.3, 0.4) is 0 Å². The van der Waals surface area contributed by atoms with E-state index in [0.717, 1.165) is 0 Å². The fraction of sp³-hybridized carbons (Fsp3) is 1.00. The van der Waals surface area contributed by atoms with Crippen LogP contribution in [0.25, 0.3) is 0 Å². The Bertz CT molecular complexity index is 303. The molecule has 0 bridgehead atoms. The molecular weight excluding hydrogens is 312 g/mol. The minimum Gasteiger partial charge on any atom is -0.394 e. The van der Waals surface area contributed by atoms with Gasteiger partial charge in [-0.15, -0.1) is 0 Å². The highest BCUT2D eigenvalue weighted by atomic mass is 16.5. The number of aliphatic hydroxyl groups is 4. The molecular formula is C18H36O6. The Hall–Kier alpha value is -0.240. The highest BCUT2D eigenvalue weighted by molar-refractivity contribution is 4.79. The Morgan fingerprint density at radius 2 is 1.04 bits per heavy atom. The summed E-state index contributed by atoms with van der Waals surface area (Å²) in [5.74, 6) is 0.822. The van der Waals surface area contributed by atoms with E-state index in [1.165, 1.54) is 0 Å². The zero-order valence-corrected chi connectivity index (χ0v) is 15.5. The van der Waals surface area contributed by atoms with Crippen molar-refractivity contribution in [1.29, 1.82) is 0 Å². The second kappa shape index (κ2) is 10.7. The van der Waals surface area contributed by atoms with Gasteiger partial charge >= 0.3 is 0 Å². The van der Waals surface area contributed by atoms with Gasteiger partial charge in [-0.05, 0) is 24.7 Å². The van der Waals surface area contributed by atoms with Gasteiger partial charge in [-0.1, -0.05) is 27.7 Å². The van der Waals surface area contributed by atoms with E-state index in [0.29, 0.717) is 37.5 Å². The first-order valence-corrected chi connectivity index (χ1v) is 9.15. The zero-order chi connectivity index (χ0) is 18.3. The van der Waals surface area contributed by atoms with Gasteiger partial charge in [0.25, 0.3) is 0 Å². The molecule has 0 amide bonds. The maximum atomic E-state index is 9.44. The average molecular weight is 348 g/mol. The van der Waals surface area contributed by atoms with Crippen LogP contribution >= 0.6 is 0 Å². The van der Waals surface area contributed by atoms with Gasteiger partial charge < -0.3 is 29.9 Å². The molecule has 2 rings (SSSR count). The predicted octanol–water partition coefficient (Wildman–Crippen LogP) is 1.09. The van der Waals surface area contributed by atoms with E-state index in [4.69, 9.17) is 19.7 Å². The minimum atomic E-state index is -0.303. The van der Waals surface area contributed by atoms with E-state index in [2.05, 4.69) is 27.7 Å². The highest BCUT2D eigenvalue weighted by Gasteiger charge is 2.30. The van der Waals surface area contributed by atoms with Gasteiger partial charge in [-0.3, -0.25) is 0 Å². The van der Waals surface area contributed by atoms with Crippen molar-refractivity contribution in [3.63, 3.8) is 0 Å². The average Bonchev–Trinajstić information content (AvgIpc) is 2.54. The maximum Gasteiger partial charge on any atom is 0.0834 e. The van der Waals surface area contributed by atoms with Gasteiger partial charge in [0.2, 0.25) is 0 Å². The van der Waals surface area contributed by atoms with Crippen molar-refractivity contribution in [3.8, 4) is 0 Å². The smallest absolute Gasteiger partial charge is 0.0834 e. The molecule has 6 atom stereocenters. The molecule has 0 aromatic heterocycles. The third-order valence-corrected chi connectivity index (χ3v) is 4.71. The fourth-order valence-electron chi connectivity index (χ4n) is 3.15. The molecule has 0 aromatic rings. The van der Waals surface area contributed by atoms with Crippen molar-refractivity contribution in [2.24, 2.45) is 11.8 Å². The molecule has 2 heterocycles. The molecule has 0 saturated carbocycles. The number of ether oxygens (including phenoxy) is 2. The monoisotopic (exact) mass is 348 g/mol. The van der Waals surface area contributed by atoms with Gasteiger partial charge in [0.1, 0.15) is 0 Å². The second-order valence-corrected chi connectivity index (χ2v) is 7.70. The lowest BCUT2D eigenvalue weighted by Gasteiger charge is -2.34. The number of hydrogen-bond acceptors (Lipinski definition) is 6. The Labute approximate surface area is 145 Å². The molecule has 2 fully saturated rings. The van der Waals surface area contributed by atoms with E-state index in [-0.39, 0.29) is 49.8 Å². The van der Waals surface area contributed by atoms with Gasteiger partial charge in [0.05, 0.1) is 49.8 Å². The molecule has 6 nitrogen and oxygen atoms in total. The molecule has 4 N–H and O–H groups in total. The van der Waals surface area contributed by atoms with Gasteiger partial charge in [0, 0.05) is 12.8 Å². The lowest BCUT2D eigenvalue weighted by Crippen LogP contribution is -2.39. The van der Waals surface area contributed by atoms with Crippen molar-refractivity contribution >= 4 is 0 Å².